The van der Waals surface area contributed by atoms with Crippen LogP contribution < -0.4 is 5.32 Å². The molecule has 30 heavy (non-hydrogen) atoms. The number of nitrogens with zero attached hydrogens (tertiary/aromatic N) is 6. The molecule has 5 heterocycles. The van der Waals surface area contributed by atoms with Gasteiger partial charge in [-0.2, -0.15) is 4.98 Å². The van der Waals surface area contributed by atoms with Crippen LogP contribution in [0.5, 0.6) is 0 Å². The van der Waals surface area contributed by atoms with E-state index in [1.807, 2.05) is 40.3 Å². The van der Waals surface area contributed by atoms with Crippen molar-refractivity contribution >= 4 is 28.7 Å². The molecule has 152 valence electrons. The van der Waals surface area contributed by atoms with Gasteiger partial charge in [0.15, 0.2) is 0 Å². The summed E-state index contributed by atoms with van der Waals surface area (Å²) < 4.78 is 1.90. The third kappa shape index (κ3) is 2.80. The summed E-state index contributed by atoms with van der Waals surface area (Å²) in [7, 11) is 0. The van der Waals surface area contributed by atoms with E-state index >= 15 is 0 Å². The van der Waals surface area contributed by atoms with E-state index in [-0.39, 0.29) is 5.91 Å². The number of amides is 1. The van der Waals surface area contributed by atoms with Crippen molar-refractivity contribution in [3.05, 3.63) is 37.2 Å². The summed E-state index contributed by atoms with van der Waals surface area (Å²) in [6.07, 6.45) is 13.4. The Labute approximate surface area is 172 Å². The van der Waals surface area contributed by atoms with Gasteiger partial charge in [0.05, 0.1) is 0 Å². The quantitative estimate of drug-likeness (QED) is 0.545. The summed E-state index contributed by atoms with van der Waals surface area (Å²) in [6.45, 7) is 3.43. The van der Waals surface area contributed by atoms with E-state index in [0.29, 0.717) is 29.6 Å². The molecule has 1 aliphatic heterocycles. The second-order valence-electron chi connectivity index (χ2n) is 8.39. The van der Waals surface area contributed by atoms with Crippen LogP contribution in [0.15, 0.2) is 37.2 Å². The van der Waals surface area contributed by atoms with Gasteiger partial charge < -0.3 is 15.2 Å². The van der Waals surface area contributed by atoms with Gasteiger partial charge >= 0.3 is 0 Å². The molecule has 1 unspecified atom stereocenters. The molecule has 2 N–H and O–H groups in total. The zero-order valence-electron chi connectivity index (χ0n) is 16.6. The van der Waals surface area contributed by atoms with Gasteiger partial charge in [-0.15, -0.1) is 0 Å². The topological polar surface area (TPSA) is 104 Å². The first-order valence-corrected chi connectivity index (χ1v) is 10.3. The third-order valence-corrected chi connectivity index (χ3v) is 6.52. The lowest BCUT2D eigenvalue weighted by atomic mass is 10.0. The number of aromatic nitrogens is 6. The average Bonchev–Trinajstić information content (AvgIpc) is 3.49. The minimum absolute atomic E-state index is 0.188. The Kier molecular flexibility index (Phi) is 3.77. The number of fused-ring (bicyclic) bond motifs is 3. The third-order valence-electron chi connectivity index (χ3n) is 6.52. The highest BCUT2D eigenvalue weighted by atomic mass is 16.2. The standard InChI is InChI=1S/C21H22N8O/c1-12(30)29-9-13-4-16(5-14(13)10-29)26-20-24-8-18-17(7-23-19(18)27-20)15-6-25-21-22-2-3-28(21)11-15/h2-3,6-8,11,13-14,16H,4-5,9-10H2,1H3,(H2,23,24,26,27)/t13-,14+,16?. The van der Waals surface area contributed by atoms with Gasteiger partial charge in [0, 0.05) is 79.7 Å². The van der Waals surface area contributed by atoms with Crippen LogP contribution >= 0.6 is 0 Å². The first-order valence-electron chi connectivity index (χ1n) is 10.3. The lowest BCUT2D eigenvalue weighted by molar-refractivity contribution is -0.128. The van der Waals surface area contributed by atoms with Crippen molar-refractivity contribution < 1.29 is 4.79 Å². The van der Waals surface area contributed by atoms with Crippen molar-refractivity contribution in [3.8, 4) is 11.1 Å². The van der Waals surface area contributed by atoms with Crippen LogP contribution in [0.1, 0.15) is 19.8 Å². The Balaban J connectivity index is 1.21. The molecule has 9 heteroatoms. The minimum Gasteiger partial charge on any atom is -0.351 e. The van der Waals surface area contributed by atoms with Gasteiger partial charge in [-0.1, -0.05) is 0 Å². The molecule has 2 fully saturated rings. The van der Waals surface area contributed by atoms with Crippen molar-refractivity contribution in [1.82, 2.24) is 34.2 Å². The smallest absolute Gasteiger partial charge is 0.233 e. The Hall–Kier alpha value is -3.49. The minimum atomic E-state index is 0.188. The van der Waals surface area contributed by atoms with Gasteiger partial charge in [0.25, 0.3) is 0 Å². The van der Waals surface area contributed by atoms with Crippen molar-refractivity contribution in [2.45, 2.75) is 25.8 Å². The molecule has 0 radical (unpaired) electrons. The Morgan fingerprint density at radius 2 is 2.00 bits per heavy atom. The number of imidazole rings is 1. The highest BCUT2D eigenvalue weighted by Crippen LogP contribution is 2.39. The maximum absolute atomic E-state index is 11.6. The van der Waals surface area contributed by atoms with Gasteiger partial charge in [-0.25, -0.2) is 15.0 Å². The summed E-state index contributed by atoms with van der Waals surface area (Å²) in [4.78, 5) is 34.7. The number of likely N-dealkylation sites (tertiary alicyclic amines) is 1. The van der Waals surface area contributed by atoms with Crippen molar-refractivity contribution in [1.29, 1.82) is 0 Å². The number of anilines is 1. The van der Waals surface area contributed by atoms with Crippen LogP contribution in [0, 0.1) is 11.8 Å². The van der Waals surface area contributed by atoms with Crippen LogP contribution in [0.4, 0.5) is 5.95 Å². The first-order chi connectivity index (χ1) is 14.6. The molecule has 1 aliphatic carbocycles. The molecule has 4 aromatic heterocycles. The van der Waals surface area contributed by atoms with E-state index < -0.39 is 0 Å². The molecule has 1 amide bonds. The van der Waals surface area contributed by atoms with Gasteiger partial charge in [-0.3, -0.25) is 9.20 Å². The summed E-state index contributed by atoms with van der Waals surface area (Å²) in [6, 6.07) is 0.355. The van der Waals surface area contributed by atoms with Crippen molar-refractivity contribution in [2.75, 3.05) is 18.4 Å². The van der Waals surface area contributed by atoms with E-state index in [1.54, 1.807) is 13.1 Å². The van der Waals surface area contributed by atoms with Crippen LogP contribution in [-0.4, -0.2) is 59.3 Å². The SMILES string of the molecule is CC(=O)N1C[C@H]2CC(Nc3ncc4c(-c5cnc6nccn6c5)c[nH]c4n3)C[C@H]2C1. The number of rotatable bonds is 3. The fourth-order valence-electron chi connectivity index (χ4n) is 5.03. The zero-order valence-corrected chi connectivity index (χ0v) is 16.6. The summed E-state index contributed by atoms with van der Waals surface area (Å²) >= 11 is 0. The molecule has 0 aromatic carbocycles. The molecular weight excluding hydrogens is 380 g/mol. The molecular formula is C21H22N8O. The maximum atomic E-state index is 11.6. The Morgan fingerprint density at radius 1 is 1.17 bits per heavy atom. The maximum Gasteiger partial charge on any atom is 0.233 e. The molecule has 0 bridgehead atoms. The first kappa shape index (κ1) is 17.4. The number of nitrogens with one attached hydrogen (secondary N) is 2. The number of hydrogen-bond acceptors (Lipinski definition) is 6. The lowest BCUT2D eigenvalue weighted by Gasteiger charge is -2.18. The normalized spacial score (nSPS) is 23.4. The Bertz CT molecular complexity index is 1250. The highest BCUT2D eigenvalue weighted by molar-refractivity contribution is 5.93. The molecule has 1 saturated carbocycles. The molecule has 2 aliphatic rings. The van der Waals surface area contributed by atoms with E-state index in [1.165, 1.54) is 0 Å². The zero-order chi connectivity index (χ0) is 20.2. The van der Waals surface area contributed by atoms with Crippen LogP contribution in [0.3, 0.4) is 0 Å². The summed E-state index contributed by atoms with van der Waals surface area (Å²) in [5.41, 5.74) is 2.79. The van der Waals surface area contributed by atoms with E-state index in [4.69, 9.17) is 4.98 Å². The predicted molar refractivity (Wildman–Crippen MR) is 112 cm³/mol. The largest absolute Gasteiger partial charge is 0.351 e. The monoisotopic (exact) mass is 402 g/mol. The second kappa shape index (κ2) is 6.51. The Morgan fingerprint density at radius 3 is 2.80 bits per heavy atom. The molecule has 6 rings (SSSR count). The highest BCUT2D eigenvalue weighted by Gasteiger charge is 2.41. The number of hydrogen-bond donors (Lipinski definition) is 2. The van der Waals surface area contributed by atoms with Crippen LogP contribution in [0.25, 0.3) is 27.9 Å². The lowest BCUT2D eigenvalue weighted by Crippen LogP contribution is -2.29. The number of carbonyl (C=O) groups is 1. The van der Waals surface area contributed by atoms with Crippen molar-refractivity contribution in [2.24, 2.45) is 11.8 Å². The fourth-order valence-corrected chi connectivity index (χ4v) is 5.03. The van der Waals surface area contributed by atoms with E-state index in [9.17, 15) is 4.79 Å². The molecule has 3 atom stereocenters. The van der Waals surface area contributed by atoms with Crippen molar-refractivity contribution in [3.63, 3.8) is 0 Å². The van der Waals surface area contributed by atoms with Crippen LogP contribution in [-0.2, 0) is 4.79 Å². The number of carbonyl (C=O) groups excluding carboxylic acids is 1. The summed E-state index contributed by atoms with van der Waals surface area (Å²) in [5.74, 6) is 2.67. The number of H-pyrrole nitrogens is 1. The molecule has 9 nitrogen and oxygen atoms in total. The van der Waals surface area contributed by atoms with Gasteiger partial charge in [-0.05, 0) is 24.7 Å². The average molecular weight is 402 g/mol. The van der Waals surface area contributed by atoms with Gasteiger partial charge in [0.1, 0.15) is 5.65 Å². The predicted octanol–water partition coefficient (Wildman–Crippen LogP) is 2.34. The molecule has 4 aromatic rings. The molecule has 0 spiro atoms. The second-order valence-corrected chi connectivity index (χ2v) is 8.39. The van der Waals surface area contributed by atoms with Gasteiger partial charge in [0.2, 0.25) is 17.6 Å². The molecule has 1 saturated heterocycles. The number of aromatic amines is 1. The fraction of sp³-hybridized carbons (Fsp3) is 0.381. The summed E-state index contributed by atoms with van der Waals surface area (Å²) in [5, 5.41) is 4.47. The van der Waals surface area contributed by atoms with E-state index in [2.05, 4.69) is 25.3 Å². The van der Waals surface area contributed by atoms with Crippen LogP contribution in [0.2, 0.25) is 0 Å². The van der Waals surface area contributed by atoms with E-state index in [0.717, 1.165) is 48.1 Å².